The minimum absolute atomic E-state index is 0.121. The number of halogens is 2. The van der Waals surface area contributed by atoms with E-state index < -0.39 is 17.7 Å². The molecule has 0 aliphatic carbocycles. The van der Waals surface area contributed by atoms with E-state index in [1.165, 1.54) is 25.3 Å². The molecule has 0 saturated carbocycles. The van der Waals surface area contributed by atoms with Crippen molar-refractivity contribution < 1.29 is 18.7 Å². The Bertz CT molecular complexity index is 703. The fraction of sp³-hybridized carbons (Fsp3) is 0.0667. The molecule has 21 heavy (non-hydrogen) atoms. The summed E-state index contributed by atoms with van der Waals surface area (Å²) in [6.45, 7) is 0. The third-order valence-corrected chi connectivity index (χ3v) is 3.39. The zero-order valence-corrected chi connectivity index (χ0v) is 12.6. The van der Waals surface area contributed by atoms with Crippen molar-refractivity contribution in [1.82, 2.24) is 0 Å². The van der Waals surface area contributed by atoms with Crippen LogP contribution in [0.1, 0.15) is 20.7 Å². The lowest BCUT2D eigenvalue weighted by Gasteiger charge is -2.10. The fourth-order valence-electron chi connectivity index (χ4n) is 1.75. The van der Waals surface area contributed by atoms with Crippen molar-refractivity contribution in [1.29, 1.82) is 0 Å². The molecular formula is C15H11BrFNO3. The molecule has 1 N–H and O–H groups in total. The van der Waals surface area contributed by atoms with Crippen LogP contribution in [-0.2, 0) is 4.74 Å². The van der Waals surface area contributed by atoms with Gasteiger partial charge in [-0.15, -0.1) is 0 Å². The molecule has 0 radical (unpaired) electrons. The van der Waals surface area contributed by atoms with Crippen molar-refractivity contribution in [2.75, 3.05) is 12.4 Å². The van der Waals surface area contributed by atoms with Crippen LogP contribution in [-0.4, -0.2) is 19.0 Å². The highest BCUT2D eigenvalue weighted by atomic mass is 79.9. The number of methoxy groups -OCH3 is 1. The predicted molar refractivity (Wildman–Crippen MR) is 79.8 cm³/mol. The number of hydrogen-bond donors (Lipinski definition) is 1. The lowest BCUT2D eigenvalue weighted by molar-refractivity contribution is 0.0602. The highest BCUT2D eigenvalue weighted by Crippen LogP contribution is 2.21. The second kappa shape index (κ2) is 6.49. The molecule has 2 rings (SSSR count). The van der Waals surface area contributed by atoms with E-state index in [1.807, 2.05) is 0 Å². The summed E-state index contributed by atoms with van der Waals surface area (Å²) in [7, 11) is 1.24. The standard InChI is InChI=1S/C15H11BrFNO3/c1-21-15(20)9-5-2-3-8-12(9)18-14(19)10-6-4-7-11(16)13(10)17/h2-8H,1H3,(H,18,19). The van der Waals surface area contributed by atoms with Gasteiger partial charge in [-0.3, -0.25) is 4.79 Å². The van der Waals surface area contributed by atoms with E-state index in [0.717, 1.165) is 0 Å². The molecule has 2 aromatic rings. The van der Waals surface area contributed by atoms with Gasteiger partial charge in [0.15, 0.2) is 0 Å². The largest absolute Gasteiger partial charge is 0.465 e. The number of carbonyl (C=O) groups excluding carboxylic acids is 2. The van der Waals surface area contributed by atoms with Crippen molar-refractivity contribution in [3.8, 4) is 0 Å². The van der Waals surface area contributed by atoms with Gasteiger partial charge in [0.2, 0.25) is 0 Å². The van der Waals surface area contributed by atoms with Crippen molar-refractivity contribution in [2.45, 2.75) is 0 Å². The van der Waals surface area contributed by atoms with E-state index in [-0.39, 0.29) is 21.3 Å². The first-order valence-electron chi connectivity index (χ1n) is 5.97. The van der Waals surface area contributed by atoms with Crippen LogP contribution >= 0.6 is 15.9 Å². The van der Waals surface area contributed by atoms with Crippen LogP contribution in [0, 0.1) is 5.82 Å². The molecule has 0 saturated heterocycles. The molecule has 0 bridgehead atoms. The molecule has 4 nitrogen and oxygen atoms in total. The van der Waals surface area contributed by atoms with Gasteiger partial charge in [0.1, 0.15) is 5.82 Å². The zero-order chi connectivity index (χ0) is 15.4. The number of hydrogen-bond acceptors (Lipinski definition) is 3. The maximum absolute atomic E-state index is 13.9. The van der Waals surface area contributed by atoms with Gasteiger partial charge >= 0.3 is 5.97 Å². The van der Waals surface area contributed by atoms with E-state index in [4.69, 9.17) is 0 Å². The average Bonchev–Trinajstić information content (AvgIpc) is 2.49. The second-order valence-electron chi connectivity index (χ2n) is 4.09. The molecule has 0 heterocycles. The Labute approximate surface area is 129 Å². The minimum Gasteiger partial charge on any atom is -0.465 e. The quantitative estimate of drug-likeness (QED) is 0.859. The number of anilines is 1. The number of rotatable bonds is 3. The van der Waals surface area contributed by atoms with Gasteiger partial charge in [-0.25, -0.2) is 9.18 Å². The maximum Gasteiger partial charge on any atom is 0.339 e. The van der Waals surface area contributed by atoms with Crippen LogP contribution in [0.3, 0.4) is 0 Å². The van der Waals surface area contributed by atoms with Gasteiger partial charge in [0.05, 0.1) is 28.4 Å². The summed E-state index contributed by atoms with van der Waals surface area (Å²) in [4.78, 5) is 23.7. The van der Waals surface area contributed by atoms with Gasteiger partial charge in [-0.1, -0.05) is 18.2 Å². The number of esters is 1. The number of nitrogens with one attached hydrogen (secondary N) is 1. The van der Waals surface area contributed by atoms with Gasteiger partial charge in [0, 0.05) is 0 Å². The van der Waals surface area contributed by atoms with Crippen molar-refractivity contribution >= 4 is 33.5 Å². The van der Waals surface area contributed by atoms with E-state index in [0.29, 0.717) is 0 Å². The molecule has 108 valence electrons. The normalized spacial score (nSPS) is 10.0. The first-order chi connectivity index (χ1) is 10.0. The summed E-state index contributed by atoms with van der Waals surface area (Å²) in [6.07, 6.45) is 0. The molecule has 0 fully saturated rings. The Balaban J connectivity index is 2.32. The maximum atomic E-state index is 13.9. The highest BCUT2D eigenvalue weighted by molar-refractivity contribution is 9.10. The summed E-state index contributed by atoms with van der Waals surface area (Å²) in [5.74, 6) is -1.89. The van der Waals surface area contributed by atoms with Crippen LogP contribution < -0.4 is 5.32 Å². The highest BCUT2D eigenvalue weighted by Gasteiger charge is 2.17. The third kappa shape index (κ3) is 3.28. The van der Waals surface area contributed by atoms with Gasteiger partial charge < -0.3 is 10.1 Å². The van der Waals surface area contributed by atoms with Crippen LogP contribution in [0.15, 0.2) is 46.9 Å². The lowest BCUT2D eigenvalue weighted by atomic mass is 10.1. The van der Waals surface area contributed by atoms with E-state index in [2.05, 4.69) is 26.0 Å². The van der Waals surface area contributed by atoms with Crippen molar-refractivity contribution in [3.05, 3.63) is 63.9 Å². The van der Waals surface area contributed by atoms with Crippen LogP contribution in [0.4, 0.5) is 10.1 Å². The molecule has 0 aromatic heterocycles. The van der Waals surface area contributed by atoms with Gasteiger partial charge in [0.25, 0.3) is 5.91 Å². The summed E-state index contributed by atoms with van der Waals surface area (Å²) >= 11 is 3.02. The first kappa shape index (κ1) is 15.2. The van der Waals surface area contributed by atoms with Crippen LogP contribution in [0.25, 0.3) is 0 Å². The number of carbonyl (C=O) groups is 2. The predicted octanol–water partition coefficient (Wildman–Crippen LogP) is 3.63. The number of amides is 1. The minimum atomic E-state index is -0.662. The van der Waals surface area contributed by atoms with E-state index in [9.17, 15) is 14.0 Å². The summed E-state index contributed by atoms with van der Waals surface area (Å²) in [5.41, 5.74) is 0.335. The lowest BCUT2D eigenvalue weighted by Crippen LogP contribution is -2.16. The SMILES string of the molecule is COC(=O)c1ccccc1NC(=O)c1cccc(Br)c1F. The molecule has 0 atom stereocenters. The smallest absolute Gasteiger partial charge is 0.339 e. The monoisotopic (exact) mass is 351 g/mol. The average molecular weight is 352 g/mol. The summed E-state index contributed by atoms with van der Waals surface area (Å²) in [5, 5.41) is 2.51. The molecule has 2 aromatic carbocycles. The Kier molecular flexibility index (Phi) is 4.70. The summed E-state index contributed by atoms with van der Waals surface area (Å²) in [6, 6.07) is 10.7. The van der Waals surface area contributed by atoms with E-state index in [1.54, 1.807) is 24.3 Å². The van der Waals surface area contributed by atoms with Crippen LogP contribution in [0.5, 0.6) is 0 Å². The van der Waals surface area contributed by atoms with Gasteiger partial charge in [-0.05, 0) is 40.2 Å². The molecule has 0 aliphatic heterocycles. The number of benzene rings is 2. The number of para-hydroxylation sites is 1. The Hall–Kier alpha value is -2.21. The molecule has 1 amide bonds. The molecular weight excluding hydrogens is 341 g/mol. The van der Waals surface area contributed by atoms with Crippen LogP contribution in [0.2, 0.25) is 0 Å². The number of ether oxygens (including phenoxy) is 1. The zero-order valence-electron chi connectivity index (χ0n) is 11.0. The topological polar surface area (TPSA) is 55.4 Å². The molecule has 0 aliphatic rings. The first-order valence-corrected chi connectivity index (χ1v) is 6.76. The third-order valence-electron chi connectivity index (χ3n) is 2.78. The fourth-order valence-corrected chi connectivity index (χ4v) is 2.12. The summed E-state index contributed by atoms with van der Waals surface area (Å²) < 4.78 is 18.7. The second-order valence-corrected chi connectivity index (χ2v) is 4.95. The van der Waals surface area contributed by atoms with Crippen molar-refractivity contribution in [3.63, 3.8) is 0 Å². The Morgan fingerprint density at radius 3 is 2.48 bits per heavy atom. The van der Waals surface area contributed by atoms with Crippen molar-refractivity contribution in [2.24, 2.45) is 0 Å². The van der Waals surface area contributed by atoms with Gasteiger partial charge in [-0.2, -0.15) is 0 Å². The molecule has 0 spiro atoms. The Morgan fingerprint density at radius 2 is 1.76 bits per heavy atom. The molecule has 6 heteroatoms. The Morgan fingerprint density at radius 1 is 1.10 bits per heavy atom. The van der Waals surface area contributed by atoms with E-state index >= 15 is 0 Å². The molecule has 0 unspecified atom stereocenters.